The number of benzene rings is 2. The second-order valence-electron chi connectivity index (χ2n) is 5.05. The van der Waals surface area contributed by atoms with Crippen molar-refractivity contribution >= 4 is 11.6 Å². The van der Waals surface area contributed by atoms with E-state index in [0.29, 0.717) is 13.1 Å². The van der Waals surface area contributed by atoms with Gasteiger partial charge in [0, 0.05) is 13.1 Å². The zero-order valence-corrected chi connectivity index (χ0v) is 12.3. The lowest BCUT2D eigenvalue weighted by molar-refractivity contribution is 0.0749. The summed E-state index contributed by atoms with van der Waals surface area (Å²) in [4.78, 5) is 14.2. The minimum atomic E-state index is -0.219. The van der Waals surface area contributed by atoms with Crippen molar-refractivity contribution < 1.29 is 9.90 Å². The maximum absolute atomic E-state index is 12.5. The molecule has 3 N–H and O–H groups in total. The van der Waals surface area contributed by atoms with Gasteiger partial charge in [-0.3, -0.25) is 4.79 Å². The number of rotatable bonds is 4. The number of nitrogen functional groups attached to an aromatic ring is 1. The van der Waals surface area contributed by atoms with Crippen molar-refractivity contribution in [3.63, 3.8) is 0 Å². The summed E-state index contributed by atoms with van der Waals surface area (Å²) in [6.07, 6.45) is 0. The van der Waals surface area contributed by atoms with Gasteiger partial charge in [-0.05, 0) is 31.5 Å². The van der Waals surface area contributed by atoms with Crippen LogP contribution in [-0.4, -0.2) is 22.5 Å². The van der Waals surface area contributed by atoms with Crippen molar-refractivity contribution in [2.24, 2.45) is 0 Å². The molecule has 1 amide bonds. The number of aryl methyl sites for hydroxylation is 1. The monoisotopic (exact) mass is 284 g/mol. The highest BCUT2D eigenvalue weighted by atomic mass is 16.3. The molecule has 2 aromatic carbocycles. The molecule has 0 fully saturated rings. The number of hydrogen-bond acceptors (Lipinski definition) is 3. The van der Waals surface area contributed by atoms with Crippen molar-refractivity contribution in [1.82, 2.24) is 4.90 Å². The van der Waals surface area contributed by atoms with Crippen LogP contribution in [0, 0.1) is 6.92 Å². The van der Waals surface area contributed by atoms with Gasteiger partial charge in [-0.15, -0.1) is 0 Å². The number of amides is 1. The summed E-state index contributed by atoms with van der Waals surface area (Å²) in [6.45, 7) is 4.99. The molecular formula is C17H20N2O2. The van der Waals surface area contributed by atoms with Crippen molar-refractivity contribution in [1.29, 1.82) is 0 Å². The predicted molar refractivity (Wildman–Crippen MR) is 84.1 cm³/mol. The SMILES string of the molecule is CCN(Cc1cccc(C)c1)C(=O)c1cccc(N)c1O. The molecule has 2 aromatic rings. The molecule has 2 rings (SSSR count). The molecule has 0 atom stereocenters. The number of phenols is 1. The lowest BCUT2D eigenvalue weighted by Gasteiger charge is -2.22. The van der Waals surface area contributed by atoms with E-state index in [-0.39, 0.29) is 22.9 Å². The smallest absolute Gasteiger partial charge is 0.257 e. The van der Waals surface area contributed by atoms with Crippen LogP contribution >= 0.6 is 0 Å². The average molecular weight is 284 g/mol. The van der Waals surface area contributed by atoms with Crippen LogP contribution in [0.25, 0.3) is 0 Å². The number of aromatic hydroxyl groups is 1. The van der Waals surface area contributed by atoms with Gasteiger partial charge in [0.05, 0.1) is 11.3 Å². The Hall–Kier alpha value is -2.49. The Morgan fingerprint density at radius 3 is 2.62 bits per heavy atom. The Bertz CT molecular complexity index is 653. The molecule has 0 radical (unpaired) electrons. The summed E-state index contributed by atoms with van der Waals surface area (Å²) >= 11 is 0. The second kappa shape index (κ2) is 6.31. The Balaban J connectivity index is 2.25. The Kier molecular flexibility index (Phi) is 4.48. The maximum Gasteiger partial charge on any atom is 0.257 e. The topological polar surface area (TPSA) is 66.6 Å². The molecular weight excluding hydrogens is 264 g/mol. The molecule has 0 aliphatic heterocycles. The molecule has 4 nitrogen and oxygen atoms in total. The molecule has 0 aromatic heterocycles. The number of phenolic OH excluding ortho intramolecular Hbond substituents is 1. The van der Waals surface area contributed by atoms with E-state index in [1.54, 1.807) is 23.1 Å². The Morgan fingerprint density at radius 1 is 1.24 bits per heavy atom. The standard InChI is InChI=1S/C17H20N2O2/c1-3-19(11-13-7-4-6-12(2)10-13)17(21)14-8-5-9-15(18)16(14)20/h4-10,20H,3,11,18H2,1-2H3. The molecule has 0 unspecified atom stereocenters. The van der Waals surface area contributed by atoms with Crippen molar-refractivity contribution in [3.8, 4) is 5.75 Å². The van der Waals surface area contributed by atoms with E-state index in [4.69, 9.17) is 5.73 Å². The van der Waals surface area contributed by atoms with E-state index >= 15 is 0 Å². The highest BCUT2D eigenvalue weighted by Crippen LogP contribution is 2.26. The minimum Gasteiger partial charge on any atom is -0.505 e. The van der Waals surface area contributed by atoms with E-state index in [1.165, 1.54) is 0 Å². The fourth-order valence-corrected chi connectivity index (χ4v) is 2.26. The summed E-state index contributed by atoms with van der Waals surface area (Å²) < 4.78 is 0. The fraction of sp³-hybridized carbons (Fsp3) is 0.235. The lowest BCUT2D eigenvalue weighted by atomic mass is 10.1. The van der Waals surface area contributed by atoms with Gasteiger partial charge in [0.1, 0.15) is 0 Å². The largest absolute Gasteiger partial charge is 0.505 e. The molecule has 0 aliphatic rings. The molecule has 4 heteroatoms. The van der Waals surface area contributed by atoms with Crippen molar-refractivity contribution in [2.75, 3.05) is 12.3 Å². The molecule has 0 spiro atoms. The van der Waals surface area contributed by atoms with Gasteiger partial charge in [-0.25, -0.2) is 0 Å². The molecule has 110 valence electrons. The summed E-state index contributed by atoms with van der Waals surface area (Å²) in [6, 6.07) is 12.9. The van der Waals surface area contributed by atoms with Crippen LogP contribution in [0.2, 0.25) is 0 Å². The highest BCUT2D eigenvalue weighted by molar-refractivity contribution is 5.98. The van der Waals surface area contributed by atoms with Crippen LogP contribution in [-0.2, 0) is 6.54 Å². The number of para-hydroxylation sites is 1. The van der Waals surface area contributed by atoms with Gasteiger partial charge < -0.3 is 15.7 Å². The molecule has 0 aliphatic carbocycles. The molecule has 0 saturated carbocycles. The first-order valence-corrected chi connectivity index (χ1v) is 6.95. The zero-order valence-electron chi connectivity index (χ0n) is 12.3. The molecule has 0 heterocycles. The minimum absolute atomic E-state index is 0.148. The van der Waals surface area contributed by atoms with Crippen LogP contribution in [0.5, 0.6) is 5.75 Å². The molecule has 21 heavy (non-hydrogen) atoms. The maximum atomic E-state index is 12.5. The van der Waals surface area contributed by atoms with Crippen LogP contribution in [0.3, 0.4) is 0 Å². The van der Waals surface area contributed by atoms with Crippen molar-refractivity contribution in [3.05, 3.63) is 59.2 Å². The number of nitrogens with zero attached hydrogens (tertiary/aromatic N) is 1. The van der Waals surface area contributed by atoms with E-state index in [9.17, 15) is 9.90 Å². The fourth-order valence-electron chi connectivity index (χ4n) is 2.26. The van der Waals surface area contributed by atoms with E-state index < -0.39 is 0 Å². The average Bonchev–Trinajstić information content (AvgIpc) is 2.47. The van der Waals surface area contributed by atoms with E-state index in [2.05, 4.69) is 6.07 Å². The summed E-state index contributed by atoms with van der Waals surface area (Å²) in [5, 5.41) is 9.95. The predicted octanol–water partition coefficient (Wildman–Crippen LogP) is 2.95. The van der Waals surface area contributed by atoms with Crippen molar-refractivity contribution in [2.45, 2.75) is 20.4 Å². The Morgan fingerprint density at radius 2 is 1.95 bits per heavy atom. The molecule has 0 bridgehead atoms. The second-order valence-corrected chi connectivity index (χ2v) is 5.05. The number of carbonyl (C=O) groups is 1. The van der Waals surface area contributed by atoms with E-state index in [0.717, 1.165) is 11.1 Å². The third-order valence-electron chi connectivity index (χ3n) is 3.42. The summed E-state index contributed by atoms with van der Waals surface area (Å²) in [5.74, 6) is -0.367. The third kappa shape index (κ3) is 3.34. The quantitative estimate of drug-likeness (QED) is 0.670. The first-order chi connectivity index (χ1) is 10.0. The third-order valence-corrected chi connectivity index (χ3v) is 3.42. The zero-order chi connectivity index (χ0) is 15.4. The van der Waals surface area contributed by atoms with Crippen LogP contribution < -0.4 is 5.73 Å². The first-order valence-electron chi connectivity index (χ1n) is 6.95. The van der Waals surface area contributed by atoms with Crippen LogP contribution in [0.15, 0.2) is 42.5 Å². The number of anilines is 1. The van der Waals surface area contributed by atoms with Crippen LogP contribution in [0.4, 0.5) is 5.69 Å². The van der Waals surface area contributed by atoms with Crippen LogP contribution in [0.1, 0.15) is 28.4 Å². The number of nitrogens with two attached hydrogens (primary N) is 1. The first kappa shape index (κ1) is 14.9. The van der Waals surface area contributed by atoms with Gasteiger partial charge in [0.2, 0.25) is 0 Å². The highest BCUT2D eigenvalue weighted by Gasteiger charge is 2.19. The summed E-state index contributed by atoms with van der Waals surface area (Å²) in [5.41, 5.74) is 8.33. The molecule has 0 saturated heterocycles. The van der Waals surface area contributed by atoms with Gasteiger partial charge >= 0.3 is 0 Å². The number of carbonyl (C=O) groups excluding carboxylic acids is 1. The Labute approximate surface area is 124 Å². The lowest BCUT2D eigenvalue weighted by Crippen LogP contribution is -2.30. The van der Waals surface area contributed by atoms with Gasteiger partial charge in [-0.2, -0.15) is 0 Å². The van der Waals surface area contributed by atoms with Gasteiger partial charge in [0.25, 0.3) is 5.91 Å². The summed E-state index contributed by atoms with van der Waals surface area (Å²) in [7, 11) is 0. The van der Waals surface area contributed by atoms with Gasteiger partial charge in [-0.1, -0.05) is 35.9 Å². The van der Waals surface area contributed by atoms with E-state index in [1.807, 2.05) is 32.0 Å². The number of hydrogen-bond donors (Lipinski definition) is 2. The van der Waals surface area contributed by atoms with Gasteiger partial charge in [0.15, 0.2) is 5.75 Å². The normalized spacial score (nSPS) is 10.4.